The largest absolute Gasteiger partial charge is 0.325 e. The molecule has 0 bridgehead atoms. The van der Waals surface area contributed by atoms with Crippen LogP contribution in [0.4, 0.5) is 0 Å². The summed E-state index contributed by atoms with van der Waals surface area (Å²) in [6.45, 7) is 1.08. The number of rotatable bonds is 0. The summed E-state index contributed by atoms with van der Waals surface area (Å²) in [5.74, 6) is 0. The van der Waals surface area contributed by atoms with Gasteiger partial charge in [-0.2, -0.15) is 0 Å². The van der Waals surface area contributed by atoms with Crippen molar-refractivity contribution in [3.8, 4) is 0 Å². The number of hydrogen-bond acceptors (Lipinski definition) is 2. The van der Waals surface area contributed by atoms with E-state index in [4.69, 9.17) is 0 Å². The highest BCUT2D eigenvalue weighted by Crippen LogP contribution is 2.24. The molecule has 2 nitrogen and oxygen atoms in total. The zero-order valence-electron chi connectivity index (χ0n) is 4.83. The lowest BCUT2D eigenvalue weighted by Gasteiger charge is -1.97. The molecule has 0 aromatic carbocycles. The van der Waals surface area contributed by atoms with E-state index in [9.17, 15) is 0 Å². The Bertz CT molecular complexity index is 109. The van der Waals surface area contributed by atoms with Gasteiger partial charge >= 0.3 is 0 Å². The molecule has 0 aromatic rings. The van der Waals surface area contributed by atoms with Gasteiger partial charge in [0.2, 0.25) is 0 Å². The standard InChI is InChI=1S/C6H10N2/c1-2-5-4-7-8-6(5)3-1/h7-8H,1-4H2. The van der Waals surface area contributed by atoms with Gasteiger partial charge in [0.15, 0.2) is 0 Å². The molecule has 1 heterocycles. The molecular weight excluding hydrogens is 100 g/mol. The first-order chi connectivity index (χ1) is 3.97. The van der Waals surface area contributed by atoms with E-state index in [2.05, 4.69) is 10.9 Å². The quantitative estimate of drug-likeness (QED) is 0.475. The van der Waals surface area contributed by atoms with Gasteiger partial charge in [0.1, 0.15) is 0 Å². The summed E-state index contributed by atoms with van der Waals surface area (Å²) in [6, 6.07) is 0. The lowest BCUT2D eigenvalue weighted by Crippen LogP contribution is -2.24. The summed E-state index contributed by atoms with van der Waals surface area (Å²) in [5, 5.41) is 0. The minimum Gasteiger partial charge on any atom is -0.325 e. The van der Waals surface area contributed by atoms with E-state index < -0.39 is 0 Å². The van der Waals surface area contributed by atoms with Crippen LogP contribution in [-0.4, -0.2) is 6.54 Å². The Labute approximate surface area is 48.9 Å². The fraction of sp³-hybridized carbons (Fsp3) is 0.667. The summed E-state index contributed by atoms with van der Waals surface area (Å²) < 4.78 is 0. The Kier molecular flexibility index (Phi) is 0.815. The zero-order valence-corrected chi connectivity index (χ0v) is 4.83. The van der Waals surface area contributed by atoms with Gasteiger partial charge < -0.3 is 5.43 Å². The molecule has 0 saturated carbocycles. The van der Waals surface area contributed by atoms with Gasteiger partial charge in [-0.05, 0) is 24.8 Å². The summed E-state index contributed by atoms with van der Waals surface area (Å²) >= 11 is 0. The van der Waals surface area contributed by atoms with Crippen LogP contribution in [-0.2, 0) is 0 Å². The fourth-order valence-electron chi connectivity index (χ4n) is 1.41. The normalized spacial score (nSPS) is 26.0. The van der Waals surface area contributed by atoms with E-state index >= 15 is 0 Å². The van der Waals surface area contributed by atoms with E-state index in [1.807, 2.05) is 0 Å². The van der Waals surface area contributed by atoms with E-state index in [0.717, 1.165) is 6.54 Å². The maximum Gasteiger partial charge on any atom is 0.0378 e. The number of hydrogen-bond donors (Lipinski definition) is 2. The molecule has 0 fully saturated rings. The second-order valence-corrected chi connectivity index (χ2v) is 2.41. The summed E-state index contributed by atoms with van der Waals surface area (Å²) in [5.41, 5.74) is 9.31. The highest BCUT2D eigenvalue weighted by Gasteiger charge is 2.17. The SMILES string of the molecule is C1CC2=C(C1)NNC2. The van der Waals surface area contributed by atoms with E-state index in [0.29, 0.717) is 0 Å². The Hall–Kier alpha value is -0.500. The Morgan fingerprint density at radius 2 is 2.25 bits per heavy atom. The third kappa shape index (κ3) is 0.464. The highest BCUT2D eigenvalue weighted by atomic mass is 15.4. The first-order valence-electron chi connectivity index (χ1n) is 3.16. The molecule has 8 heavy (non-hydrogen) atoms. The molecule has 0 radical (unpaired) electrons. The van der Waals surface area contributed by atoms with Gasteiger partial charge in [0.05, 0.1) is 0 Å². The molecule has 2 aliphatic rings. The van der Waals surface area contributed by atoms with E-state index in [-0.39, 0.29) is 0 Å². The lowest BCUT2D eigenvalue weighted by molar-refractivity contribution is 0.647. The molecule has 1 aliphatic carbocycles. The van der Waals surface area contributed by atoms with E-state index in [1.54, 1.807) is 5.57 Å². The van der Waals surface area contributed by atoms with Gasteiger partial charge in [0, 0.05) is 12.2 Å². The van der Waals surface area contributed by atoms with Crippen LogP contribution in [0.3, 0.4) is 0 Å². The van der Waals surface area contributed by atoms with Crippen LogP contribution in [0.2, 0.25) is 0 Å². The third-order valence-corrected chi connectivity index (χ3v) is 1.87. The van der Waals surface area contributed by atoms with Crippen LogP contribution >= 0.6 is 0 Å². The van der Waals surface area contributed by atoms with Crippen LogP contribution in [0.1, 0.15) is 19.3 Å². The van der Waals surface area contributed by atoms with Gasteiger partial charge in [-0.1, -0.05) is 0 Å². The van der Waals surface area contributed by atoms with Crippen molar-refractivity contribution in [2.75, 3.05) is 6.54 Å². The van der Waals surface area contributed by atoms with Gasteiger partial charge in [-0.25, -0.2) is 5.43 Å². The van der Waals surface area contributed by atoms with Crippen molar-refractivity contribution in [3.05, 3.63) is 11.3 Å². The molecule has 0 atom stereocenters. The molecule has 44 valence electrons. The first-order valence-corrected chi connectivity index (χ1v) is 3.16. The van der Waals surface area contributed by atoms with Crippen LogP contribution in [0.25, 0.3) is 0 Å². The molecule has 0 saturated heterocycles. The molecule has 1 aliphatic heterocycles. The zero-order chi connectivity index (χ0) is 5.40. The van der Waals surface area contributed by atoms with Gasteiger partial charge in [-0.3, -0.25) is 0 Å². The summed E-state index contributed by atoms with van der Waals surface area (Å²) in [6.07, 6.45) is 3.94. The molecule has 2 N–H and O–H groups in total. The number of nitrogens with one attached hydrogen (secondary N) is 2. The maximum atomic E-state index is 3.15. The lowest BCUT2D eigenvalue weighted by atomic mass is 10.2. The minimum atomic E-state index is 1.08. The number of allylic oxidation sites excluding steroid dienone is 1. The molecule has 0 spiro atoms. The molecule has 0 unspecified atom stereocenters. The second kappa shape index (κ2) is 1.49. The molecule has 2 heteroatoms. The minimum absolute atomic E-state index is 1.08. The summed E-state index contributed by atoms with van der Waals surface area (Å²) in [4.78, 5) is 0. The van der Waals surface area contributed by atoms with Crippen molar-refractivity contribution < 1.29 is 0 Å². The average molecular weight is 110 g/mol. The average Bonchev–Trinajstić information content (AvgIpc) is 2.15. The van der Waals surface area contributed by atoms with Crippen molar-refractivity contribution in [2.45, 2.75) is 19.3 Å². The van der Waals surface area contributed by atoms with Gasteiger partial charge in [0.25, 0.3) is 0 Å². The van der Waals surface area contributed by atoms with Crippen LogP contribution in [0.5, 0.6) is 0 Å². The van der Waals surface area contributed by atoms with E-state index in [1.165, 1.54) is 25.0 Å². The Morgan fingerprint density at radius 3 is 3.12 bits per heavy atom. The van der Waals surface area contributed by atoms with Crippen LogP contribution in [0.15, 0.2) is 11.3 Å². The van der Waals surface area contributed by atoms with Crippen molar-refractivity contribution in [2.24, 2.45) is 0 Å². The Morgan fingerprint density at radius 1 is 1.25 bits per heavy atom. The predicted molar refractivity (Wildman–Crippen MR) is 32.0 cm³/mol. The topological polar surface area (TPSA) is 24.1 Å². The second-order valence-electron chi connectivity index (χ2n) is 2.41. The van der Waals surface area contributed by atoms with Crippen molar-refractivity contribution in [3.63, 3.8) is 0 Å². The maximum absolute atomic E-state index is 3.15. The van der Waals surface area contributed by atoms with Crippen LogP contribution < -0.4 is 10.9 Å². The third-order valence-electron chi connectivity index (χ3n) is 1.87. The number of hydrazine groups is 1. The van der Waals surface area contributed by atoms with Crippen LogP contribution in [0, 0.1) is 0 Å². The summed E-state index contributed by atoms with van der Waals surface area (Å²) in [7, 11) is 0. The molecular formula is C6H10N2. The first kappa shape index (κ1) is 4.39. The van der Waals surface area contributed by atoms with Gasteiger partial charge in [-0.15, -0.1) is 0 Å². The van der Waals surface area contributed by atoms with Crippen molar-refractivity contribution >= 4 is 0 Å². The highest BCUT2D eigenvalue weighted by molar-refractivity contribution is 5.22. The molecule has 0 aromatic heterocycles. The predicted octanol–water partition coefficient (Wildman–Crippen LogP) is 0.532. The van der Waals surface area contributed by atoms with Crippen molar-refractivity contribution in [1.82, 2.24) is 10.9 Å². The fourth-order valence-corrected chi connectivity index (χ4v) is 1.41. The smallest absolute Gasteiger partial charge is 0.0378 e. The molecule has 0 amide bonds. The molecule has 2 rings (SSSR count). The van der Waals surface area contributed by atoms with Crippen molar-refractivity contribution in [1.29, 1.82) is 0 Å². The monoisotopic (exact) mass is 110 g/mol. The Balaban J connectivity index is 2.23.